The van der Waals surface area contributed by atoms with Crippen LogP contribution in [0.1, 0.15) is 17.3 Å². The average Bonchev–Trinajstić information content (AvgIpc) is 3.07. The second-order valence-electron chi connectivity index (χ2n) is 5.26. The monoisotopic (exact) mass is 369 g/mol. The van der Waals surface area contributed by atoms with Crippen molar-refractivity contribution in [2.45, 2.75) is 6.17 Å². The van der Waals surface area contributed by atoms with Gasteiger partial charge < -0.3 is 5.32 Å². The zero-order valence-electron chi connectivity index (χ0n) is 12.7. The van der Waals surface area contributed by atoms with Crippen LogP contribution >= 0.6 is 24.0 Å². The van der Waals surface area contributed by atoms with Gasteiger partial charge in [0.2, 0.25) is 0 Å². The van der Waals surface area contributed by atoms with Crippen LogP contribution in [0.15, 0.2) is 64.7 Å². The molecule has 1 N–H and O–H groups in total. The summed E-state index contributed by atoms with van der Waals surface area (Å²) in [6.07, 6.45) is -0.613. The van der Waals surface area contributed by atoms with Crippen molar-refractivity contribution >= 4 is 45.0 Å². The van der Waals surface area contributed by atoms with Gasteiger partial charge in [-0.1, -0.05) is 42.5 Å². The predicted octanol–water partition coefficient (Wildman–Crippen LogP) is 3.25. The minimum absolute atomic E-state index is 0.00722. The first-order valence-electron chi connectivity index (χ1n) is 7.37. The number of hydrogen-bond donors (Lipinski definition) is 1. The molecule has 0 bridgehead atoms. The smallest absolute Gasteiger partial charge is 0.276 e. The van der Waals surface area contributed by atoms with Gasteiger partial charge in [0.05, 0.1) is 10.5 Å². The summed E-state index contributed by atoms with van der Waals surface area (Å²) in [5.41, 5.74) is 1.44. The standard InChI is InChI=1S/C16H11N5O2S2/c22-21(23)12-9-5-4-8-11(12)13-17-15(24)20-16(18-13)25-14(19-20)10-6-2-1-3-7-10/h1-9,13H,(H,17,24)/t13-/m1/s1. The lowest BCUT2D eigenvalue weighted by Gasteiger charge is -2.26. The SMILES string of the molecule is O=[N+]([O-])c1ccccc1[C@H]1N=C2SC(c3ccccc3)=NN2C(=S)N1. The lowest BCUT2D eigenvalue weighted by molar-refractivity contribution is -0.385. The average molecular weight is 369 g/mol. The van der Waals surface area contributed by atoms with Gasteiger partial charge in [-0.2, -0.15) is 10.1 Å². The van der Waals surface area contributed by atoms with Crippen LogP contribution in [0.25, 0.3) is 0 Å². The highest BCUT2D eigenvalue weighted by atomic mass is 32.2. The first kappa shape index (κ1) is 15.7. The Kier molecular flexibility index (Phi) is 3.94. The lowest BCUT2D eigenvalue weighted by Crippen LogP contribution is -2.43. The van der Waals surface area contributed by atoms with E-state index >= 15 is 0 Å². The van der Waals surface area contributed by atoms with E-state index in [9.17, 15) is 10.1 Å². The van der Waals surface area contributed by atoms with E-state index in [4.69, 9.17) is 12.2 Å². The van der Waals surface area contributed by atoms with Gasteiger partial charge in [-0.25, -0.2) is 4.99 Å². The van der Waals surface area contributed by atoms with Crippen molar-refractivity contribution in [1.29, 1.82) is 0 Å². The van der Waals surface area contributed by atoms with Gasteiger partial charge in [0, 0.05) is 11.6 Å². The Balaban J connectivity index is 1.69. The van der Waals surface area contributed by atoms with Crippen molar-refractivity contribution in [3.63, 3.8) is 0 Å². The molecule has 0 amide bonds. The van der Waals surface area contributed by atoms with E-state index in [1.807, 2.05) is 30.3 Å². The third-order valence-corrected chi connectivity index (χ3v) is 4.96. The molecule has 1 atom stereocenters. The normalized spacial score (nSPS) is 19.0. The molecule has 0 saturated heterocycles. The summed E-state index contributed by atoms with van der Waals surface area (Å²) in [5.74, 6) is 0. The van der Waals surface area contributed by atoms with Crippen LogP contribution in [0.4, 0.5) is 5.69 Å². The molecule has 0 spiro atoms. The van der Waals surface area contributed by atoms with Crippen molar-refractivity contribution in [2.75, 3.05) is 0 Å². The Labute approximate surface area is 152 Å². The molecule has 2 aliphatic rings. The number of aliphatic imine (C=N–C) groups is 1. The van der Waals surface area contributed by atoms with Gasteiger partial charge >= 0.3 is 0 Å². The van der Waals surface area contributed by atoms with Crippen molar-refractivity contribution in [3.05, 3.63) is 75.8 Å². The second kappa shape index (κ2) is 6.26. The van der Waals surface area contributed by atoms with E-state index in [1.54, 1.807) is 23.2 Å². The van der Waals surface area contributed by atoms with E-state index in [1.165, 1.54) is 17.8 Å². The number of nitrogens with zero attached hydrogens (tertiary/aromatic N) is 4. The van der Waals surface area contributed by atoms with E-state index in [0.29, 0.717) is 15.8 Å². The van der Waals surface area contributed by atoms with Gasteiger partial charge in [0.25, 0.3) is 5.69 Å². The molecule has 4 rings (SSSR count). The number of amidine groups is 1. The summed E-state index contributed by atoms with van der Waals surface area (Å²) in [6.45, 7) is 0. The second-order valence-corrected chi connectivity index (χ2v) is 6.61. The molecule has 0 unspecified atom stereocenters. The number of fused-ring (bicyclic) bond motifs is 1. The molecule has 2 aliphatic heterocycles. The first-order chi connectivity index (χ1) is 12.1. The molecule has 0 saturated carbocycles. The van der Waals surface area contributed by atoms with Crippen LogP contribution in [0.3, 0.4) is 0 Å². The number of nitro benzene ring substituents is 1. The Morgan fingerprint density at radius 1 is 1.16 bits per heavy atom. The molecular formula is C16H11N5O2S2. The zero-order valence-corrected chi connectivity index (χ0v) is 14.3. The van der Waals surface area contributed by atoms with Crippen molar-refractivity contribution in [2.24, 2.45) is 10.1 Å². The molecule has 2 aromatic carbocycles. The number of benzene rings is 2. The fourth-order valence-electron chi connectivity index (χ4n) is 2.55. The number of nitrogens with one attached hydrogen (secondary N) is 1. The third-order valence-electron chi connectivity index (χ3n) is 3.70. The number of nitro groups is 1. The molecule has 2 aromatic rings. The maximum Gasteiger partial charge on any atom is 0.276 e. The van der Waals surface area contributed by atoms with Crippen LogP contribution in [0.5, 0.6) is 0 Å². The van der Waals surface area contributed by atoms with E-state index < -0.39 is 11.1 Å². The largest absolute Gasteiger partial charge is 0.335 e. The summed E-state index contributed by atoms with van der Waals surface area (Å²) < 4.78 is 0. The molecule has 9 heteroatoms. The minimum Gasteiger partial charge on any atom is -0.335 e. The van der Waals surface area contributed by atoms with Crippen molar-refractivity contribution in [3.8, 4) is 0 Å². The topological polar surface area (TPSA) is 83.1 Å². The van der Waals surface area contributed by atoms with Gasteiger partial charge in [-0.05, 0) is 30.0 Å². The first-order valence-corrected chi connectivity index (χ1v) is 8.59. The van der Waals surface area contributed by atoms with Crippen molar-refractivity contribution in [1.82, 2.24) is 10.3 Å². The van der Waals surface area contributed by atoms with E-state index in [-0.39, 0.29) is 5.69 Å². The molecule has 0 aliphatic carbocycles. The van der Waals surface area contributed by atoms with E-state index in [2.05, 4.69) is 15.4 Å². The fraction of sp³-hybridized carbons (Fsp3) is 0.0625. The van der Waals surface area contributed by atoms with Crippen LogP contribution in [-0.2, 0) is 0 Å². The van der Waals surface area contributed by atoms with Crippen LogP contribution in [0, 0.1) is 10.1 Å². The Bertz CT molecular complexity index is 929. The molecule has 124 valence electrons. The lowest BCUT2D eigenvalue weighted by atomic mass is 10.1. The molecule has 0 fully saturated rings. The molecule has 25 heavy (non-hydrogen) atoms. The van der Waals surface area contributed by atoms with E-state index in [0.717, 1.165) is 10.6 Å². The van der Waals surface area contributed by atoms with Crippen LogP contribution < -0.4 is 5.32 Å². The fourth-order valence-corrected chi connectivity index (χ4v) is 3.77. The molecule has 0 aromatic heterocycles. The summed E-state index contributed by atoms with van der Waals surface area (Å²) in [7, 11) is 0. The number of rotatable bonds is 3. The molecule has 7 nitrogen and oxygen atoms in total. The van der Waals surface area contributed by atoms with Gasteiger partial charge in [0.15, 0.2) is 16.4 Å². The van der Waals surface area contributed by atoms with Crippen LogP contribution in [0.2, 0.25) is 0 Å². The number of hydrazone groups is 1. The predicted molar refractivity (Wildman–Crippen MR) is 101 cm³/mol. The van der Waals surface area contributed by atoms with Gasteiger partial charge in [0.1, 0.15) is 5.04 Å². The number of thiocarbonyl (C=S) groups is 1. The maximum absolute atomic E-state index is 11.3. The zero-order chi connectivity index (χ0) is 17.4. The van der Waals surface area contributed by atoms with Crippen LogP contribution in [-0.4, -0.2) is 25.3 Å². The Hall–Kier alpha value is -2.78. The molecule has 2 heterocycles. The minimum atomic E-state index is -0.613. The summed E-state index contributed by atoms with van der Waals surface area (Å²) in [5, 5.41) is 22.1. The highest BCUT2D eigenvalue weighted by molar-refractivity contribution is 8.27. The number of hydrogen-bond acceptors (Lipinski definition) is 6. The summed E-state index contributed by atoms with van der Waals surface area (Å²) in [4.78, 5) is 15.4. The Morgan fingerprint density at radius 2 is 1.88 bits per heavy atom. The molecular weight excluding hydrogens is 358 g/mol. The van der Waals surface area contributed by atoms with Gasteiger partial charge in [-0.3, -0.25) is 10.1 Å². The quantitative estimate of drug-likeness (QED) is 0.508. The highest BCUT2D eigenvalue weighted by Crippen LogP contribution is 2.33. The van der Waals surface area contributed by atoms with Crippen molar-refractivity contribution < 1.29 is 4.92 Å². The molecule has 0 radical (unpaired) electrons. The maximum atomic E-state index is 11.3. The third kappa shape index (κ3) is 2.87. The number of thioether (sulfide) groups is 1. The summed E-state index contributed by atoms with van der Waals surface area (Å²) in [6, 6.07) is 16.2. The highest BCUT2D eigenvalue weighted by Gasteiger charge is 2.35. The number of para-hydroxylation sites is 1. The summed E-state index contributed by atoms with van der Waals surface area (Å²) >= 11 is 6.77. The Morgan fingerprint density at radius 3 is 2.64 bits per heavy atom. The van der Waals surface area contributed by atoms with Gasteiger partial charge in [-0.15, -0.1) is 0 Å².